The van der Waals surface area contributed by atoms with Crippen molar-refractivity contribution in [3.8, 4) is 5.75 Å². The molecule has 0 saturated carbocycles. The molecule has 1 aromatic carbocycles. The number of esters is 3. The van der Waals surface area contributed by atoms with Gasteiger partial charge in [0.15, 0.2) is 0 Å². The predicted molar refractivity (Wildman–Crippen MR) is 142 cm³/mol. The highest BCUT2D eigenvalue weighted by atomic mass is 16.6. The van der Waals surface area contributed by atoms with Crippen LogP contribution in [0.5, 0.6) is 5.75 Å². The highest BCUT2D eigenvalue weighted by Crippen LogP contribution is 2.23. The quantitative estimate of drug-likeness (QED) is 0.0798. The van der Waals surface area contributed by atoms with Crippen LogP contribution in [0.25, 0.3) is 5.57 Å². The van der Waals surface area contributed by atoms with Gasteiger partial charge in [-0.25, -0.2) is 14.4 Å². The number of benzene rings is 1. The summed E-state index contributed by atoms with van der Waals surface area (Å²) in [7, 11) is 0. The molecule has 1 rings (SSSR count). The van der Waals surface area contributed by atoms with E-state index in [1.54, 1.807) is 45.9 Å². The lowest BCUT2D eigenvalue weighted by atomic mass is 10.0. The minimum absolute atomic E-state index is 0.0277. The summed E-state index contributed by atoms with van der Waals surface area (Å²) in [5.41, 5.74) is 2.57. The Morgan fingerprint density at radius 1 is 0.784 bits per heavy atom. The summed E-state index contributed by atoms with van der Waals surface area (Å²) >= 11 is 0. The minimum atomic E-state index is -0.508. The molecule has 200 valence electrons. The van der Waals surface area contributed by atoms with Crippen molar-refractivity contribution in [1.82, 2.24) is 0 Å². The van der Waals surface area contributed by atoms with Crippen molar-refractivity contribution in [2.45, 2.75) is 40.7 Å². The Labute approximate surface area is 218 Å². The lowest BCUT2D eigenvalue weighted by Crippen LogP contribution is -2.20. The highest BCUT2D eigenvalue weighted by molar-refractivity contribution is 5.89. The lowest BCUT2D eigenvalue weighted by Gasteiger charge is -2.19. The van der Waals surface area contributed by atoms with Crippen LogP contribution in [0.3, 0.4) is 0 Å². The zero-order valence-corrected chi connectivity index (χ0v) is 22.3. The van der Waals surface area contributed by atoms with Crippen molar-refractivity contribution in [1.29, 1.82) is 0 Å². The fourth-order valence-corrected chi connectivity index (χ4v) is 2.65. The van der Waals surface area contributed by atoms with E-state index in [9.17, 15) is 14.4 Å². The van der Waals surface area contributed by atoms with E-state index in [0.717, 1.165) is 11.1 Å². The largest absolute Gasteiger partial charge is 0.492 e. The molecule has 0 radical (unpaired) electrons. The van der Waals surface area contributed by atoms with Crippen molar-refractivity contribution in [2.24, 2.45) is 0 Å². The molecule has 1 atom stereocenters. The average molecular weight is 513 g/mol. The summed E-state index contributed by atoms with van der Waals surface area (Å²) in [6.07, 6.45) is 3.19. The van der Waals surface area contributed by atoms with Gasteiger partial charge >= 0.3 is 17.9 Å². The molecule has 8 nitrogen and oxygen atoms in total. The smallest absolute Gasteiger partial charge is 0.338 e. The Hall–Kier alpha value is -3.91. The van der Waals surface area contributed by atoms with E-state index >= 15 is 0 Å². The molecule has 1 unspecified atom stereocenters. The molecule has 1 aromatic rings. The summed E-state index contributed by atoms with van der Waals surface area (Å²) in [4.78, 5) is 34.9. The molecule has 0 heterocycles. The molecule has 0 aliphatic heterocycles. The van der Waals surface area contributed by atoms with Gasteiger partial charge in [-0.15, -0.1) is 0 Å². The number of rotatable bonds is 15. The Bertz CT molecular complexity index is 1060. The molecule has 0 N–H and O–H groups in total. The van der Waals surface area contributed by atoms with Crippen LogP contribution in [0.15, 0.2) is 78.6 Å². The van der Waals surface area contributed by atoms with Gasteiger partial charge in [-0.2, -0.15) is 0 Å². The molecule has 0 spiro atoms. The van der Waals surface area contributed by atoms with Crippen LogP contribution in [0.1, 0.15) is 40.2 Å². The first kappa shape index (κ1) is 31.1. The molecule has 0 fully saturated rings. The van der Waals surface area contributed by atoms with Gasteiger partial charge in [0.1, 0.15) is 37.4 Å². The molecule has 0 aromatic heterocycles. The average Bonchev–Trinajstić information content (AvgIpc) is 2.86. The second-order valence-corrected chi connectivity index (χ2v) is 8.18. The Kier molecular flexibility index (Phi) is 13.4. The number of carbonyl (C=O) groups excluding carboxylic acids is 3. The van der Waals surface area contributed by atoms with Gasteiger partial charge in [0.25, 0.3) is 0 Å². The van der Waals surface area contributed by atoms with E-state index in [1.807, 2.05) is 25.1 Å². The molecule has 0 bridgehead atoms. The van der Waals surface area contributed by atoms with Gasteiger partial charge in [0.2, 0.25) is 0 Å². The van der Waals surface area contributed by atoms with Crippen LogP contribution < -0.4 is 4.74 Å². The molecule has 0 amide bonds. The maximum atomic E-state index is 11.7. The zero-order valence-electron chi connectivity index (χ0n) is 22.3. The molecule has 37 heavy (non-hydrogen) atoms. The van der Waals surface area contributed by atoms with Crippen LogP contribution in [-0.2, 0) is 33.3 Å². The second-order valence-electron chi connectivity index (χ2n) is 8.18. The molecular weight excluding hydrogens is 476 g/mol. The zero-order chi connectivity index (χ0) is 28.0. The topological polar surface area (TPSA) is 97.4 Å². The van der Waals surface area contributed by atoms with Gasteiger partial charge in [-0.3, -0.25) is 0 Å². The fraction of sp³-hybridized carbons (Fsp3) is 0.345. The number of allylic oxidation sites excluding steroid dienone is 3. The first-order valence-electron chi connectivity index (χ1n) is 11.7. The van der Waals surface area contributed by atoms with E-state index in [2.05, 4.69) is 19.7 Å². The van der Waals surface area contributed by atoms with Crippen molar-refractivity contribution in [2.75, 3.05) is 26.4 Å². The monoisotopic (exact) mass is 512 g/mol. The van der Waals surface area contributed by atoms with E-state index in [4.69, 9.17) is 23.7 Å². The van der Waals surface area contributed by atoms with Crippen LogP contribution in [0, 0.1) is 0 Å². The summed E-state index contributed by atoms with van der Waals surface area (Å²) in [6.45, 7) is 19.3. The fourth-order valence-electron chi connectivity index (χ4n) is 2.65. The van der Waals surface area contributed by atoms with Crippen molar-refractivity contribution in [3.63, 3.8) is 0 Å². The summed E-state index contributed by atoms with van der Waals surface area (Å²) < 4.78 is 27.1. The van der Waals surface area contributed by atoms with E-state index < -0.39 is 24.0 Å². The number of hydrogen-bond donors (Lipinski definition) is 0. The lowest BCUT2D eigenvalue weighted by molar-refractivity contribution is -0.142. The maximum absolute atomic E-state index is 11.7. The molecule has 0 aliphatic rings. The Morgan fingerprint density at radius 3 is 1.76 bits per heavy atom. The highest BCUT2D eigenvalue weighted by Gasteiger charge is 2.15. The summed E-state index contributed by atoms with van der Waals surface area (Å²) in [6, 6.07) is 6.98. The van der Waals surface area contributed by atoms with Crippen LogP contribution in [0.4, 0.5) is 0 Å². The Morgan fingerprint density at radius 2 is 1.27 bits per heavy atom. The first-order valence-corrected chi connectivity index (χ1v) is 11.7. The summed E-state index contributed by atoms with van der Waals surface area (Å²) in [5, 5.41) is 0. The van der Waals surface area contributed by atoms with E-state index in [1.165, 1.54) is 0 Å². The Balaban J connectivity index is 2.98. The van der Waals surface area contributed by atoms with Crippen LogP contribution in [-0.4, -0.2) is 50.4 Å². The van der Waals surface area contributed by atoms with Gasteiger partial charge in [0.05, 0.1) is 6.61 Å². The number of hydrogen-bond acceptors (Lipinski definition) is 8. The maximum Gasteiger partial charge on any atom is 0.338 e. The van der Waals surface area contributed by atoms with Gasteiger partial charge in [-0.05, 0) is 64.0 Å². The van der Waals surface area contributed by atoms with Gasteiger partial charge < -0.3 is 23.7 Å². The summed E-state index contributed by atoms with van der Waals surface area (Å²) in [5.74, 6) is -0.617. The molecule has 0 aliphatic carbocycles. The SMILES string of the molecule is C=C(C)C(=O)OCCO/C(=C/C(=C\C)c1ccc(OC(=O)C(=C)C)cc1)C(C)OCCOC(=O)C(=C)C. The number of ether oxygens (including phenoxy) is 5. The van der Waals surface area contributed by atoms with Crippen LogP contribution in [0.2, 0.25) is 0 Å². The molecule has 8 heteroatoms. The number of carbonyl (C=O) groups is 3. The predicted octanol–water partition coefficient (Wildman–Crippen LogP) is 5.12. The van der Waals surface area contributed by atoms with Gasteiger partial charge in [0, 0.05) is 16.7 Å². The third-order valence-corrected chi connectivity index (χ3v) is 4.72. The van der Waals surface area contributed by atoms with Crippen molar-refractivity contribution in [3.05, 3.63) is 84.2 Å². The third-order valence-electron chi connectivity index (χ3n) is 4.72. The van der Waals surface area contributed by atoms with Gasteiger partial charge in [-0.1, -0.05) is 37.9 Å². The van der Waals surface area contributed by atoms with Crippen molar-refractivity contribution >= 4 is 23.5 Å². The van der Waals surface area contributed by atoms with E-state index in [0.29, 0.717) is 28.2 Å². The standard InChI is InChI=1S/C29H36O8/c1-9-23(24-10-12-25(13-11-24)37-29(32)21(6)7)18-26(34-15-17-36-28(31)20(4)5)22(8)33-14-16-35-27(30)19(2)3/h9-13,18,22H,2,4,6,14-17H2,1,3,5,7-8H3/b23-9+,26-18+. The minimum Gasteiger partial charge on any atom is -0.492 e. The third kappa shape index (κ3) is 11.6. The molecule has 0 saturated heterocycles. The van der Waals surface area contributed by atoms with Crippen LogP contribution >= 0.6 is 0 Å². The first-order chi connectivity index (χ1) is 17.5. The second kappa shape index (κ2) is 16.0. The normalized spacial score (nSPS) is 12.2. The van der Waals surface area contributed by atoms with Crippen molar-refractivity contribution < 1.29 is 38.1 Å². The van der Waals surface area contributed by atoms with E-state index in [-0.39, 0.29) is 26.4 Å². The molecular formula is C29H36O8.